The number of imide groups is 2. The van der Waals surface area contributed by atoms with Crippen LogP contribution in [0.4, 0.5) is 16.2 Å². The summed E-state index contributed by atoms with van der Waals surface area (Å²) in [7, 11) is 0. The topological polar surface area (TPSA) is 114 Å². The third kappa shape index (κ3) is 6.32. The number of carbonyl (C=O) groups excluding carboxylic acids is 4. The van der Waals surface area contributed by atoms with E-state index in [1.807, 2.05) is 32.0 Å². The first-order valence-electron chi connectivity index (χ1n) is 12.5. The van der Waals surface area contributed by atoms with Crippen LogP contribution in [0.15, 0.2) is 60.2 Å². The van der Waals surface area contributed by atoms with Gasteiger partial charge in [0.25, 0.3) is 17.7 Å². The van der Waals surface area contributed by atoms with Gasteiger partial charge in [0, 0.05) is 10.7 Å². The molecule has 0 radical (unpaired) electrons. The smallest absolute Gasteiger partial charge is 0.335 e. The van der Waals surface area contributed by atoms with Crippen LogP contribution in [0.5, 0.6) is 11.5 Å². The molecule has 1 saturated heterocycles. The molecule has 10 heteroatoms. The second kappa shape index (κ2) is 12.0. The number of urea groups is 1. The monoisotopic (exact) mass is 561 g/mol. The molecule has 2 N–H and O–H groups in total. The molecule has 0 spiro atoms. The van der Waals surface area contributed by atoms with Gasteiger partial charge < -0.3 is 14.8 Å². The zero-order valence-electron chi connectivity index (χ0n) is 22.5. The van der Waals surface area contributed by atoms with Gasteiger partial charge in [-0.1, -0.05) is 29.8 Å². The average molecular weight is 562 g/mol. The van der Waals surface area contributed by atoms with E-state index >= 15 is 0 Å². The van der Waals surface area contributed by atoms with Crippen LogP contribution in [0.1, 0.15) is 29.2 Å². The number of benzene rings is 3. The van der Waals surface area contributed by atoms with Crippen molar-refractivity contribution in [2.24, 2.45) is 0 Å². The summed E-state index contributed by atoms with van der Waals surface area (Å²) in [6, 6.07) is 14.2. The summed E-state index contributed by atoms with van der Waals surface area (Å²) in [4.78, 5) is 51.6. The number of anilines is 2. The van der Waals surface area contributed by atoms with Crippen molar-refractivity contribution in [3.63, 3.8) is 0 Å². The van der Waals surface area contributed by atoms with E-state index in [2.05, 4.69) is 10.6 Å². The molecule has 0 saturated carbocycles. The van der Waals surface area contributed by atoms with E-state index in [9.17, 15) is 19.2 Å². The lowest BCUT2D eigenvalue weighted by atomic mass is 10.1. The average Bonchev–Trinajstić information content (AvgIpc) is 2.90. The predicted octanol–water partition coefficient (Wildman–Crippen LogP) is 5.35. The number of ether oxygens (including phenoxy) is 2. The third-order valence-corrected chi connectivity index (χ3v) is 6.65. The van der Waals surface area contributed by atoms with Gasteiger partial charge in [0.05, 0.1) is 12.3 Å². The van der Waals surface area contributed by atoms with E-state index in [1.54, 1.807) is 44.2 Å². The van der Waals surface area contributed by atoms with Crippen molar-refractivity contribution in [2.75, 3.05) is 23.4 Å². The maximum Gasteiger partial charge on any atom is 0.335 e. The highest BCUT2D eigenvalue weighted by Crippen LogP contribution is 2.31. The Labute approximate surface area is 236 Å². The molecule has 206 valence electrons. The normalized spacial score (nSPS) is 14.3. The van der Waals surface area contributed by atoms with Crippen LogP contribution in [-0.4, -0.2) is 37.0 Å². The van der Waals surface area contributed by atoms with Crippen LogP contribution in [0.3, 0.4) is 0 Å². The Balaban J connectivity index is 1.53. The molecule has 40 heavy (non-hydrogen) atoms. The first-order chi connectivity index (χ1) is 19.1. The van der Waals surface area contributed by atoms with E-state index in [0.29, 0.717) is 34.4 Å². The molecule has 0 atom stereocenters. The van der Waals surface area contributed by atoms with E-state index in [-0.39, 0.29) is 23.8 Å². The minimum absolute atomic E-state index is 0.231. The molecule has 0 aliphatic carbocycles. The zero-order chi connectivity index (χ0) is 29.0. The van der Waals surface area contributed by atoms with E-state index in [1.165, 1.54) is 12.1 Å². The maximum absolute atomic E-state index is 13.2. The summed E-state index contributed by atoms with van der Waals surface area (Å²) in [6.07, 6.45) is 1.35. The van der Waals surface area contributed by atoms with Gasteiger partial charge in [0.15, 0.2) is 18.1 Å². The molecule has 1 fully saturated rings. The standard InChI is InChI=1S/C30H28ClN3O6/c1-5-39-26-14-20(8-11-25(26)40-16-27(35)32-21-9-6-17(2)19(4)12-21)13-23-28(36)33-30(38)34(29(23)37)22-10-7-18(3)24(31)15-22/h6-15H,5,16H2,1-4H3,(H,32,35)(H,33,36,38)/b23-13+. The Morgan fingerprint density at radius 2 is 1.68 bits per heavy atom. The van der Waals surface area contributed by atoms with Crippen LogP contribution >= 0.6 is 11.6 Å². The fourth-order valence-electron chi connectivity index (χ4n) is 3.94. The lowest BCUT2D eigenvalue weighted by Gasteiger charge is -2.26. The number of hydrogen-bond donors (Lipinski definition) is 2. The fraction of sp³-hybridized carbons (Fsp3) is 0.200. The van der Waals surface area contributed by atoms with E-state index < -0.39 is 17.8 Å². The summed E-state index contributed by atoms with van der Waals surface area (Å²) >= 11 is 6.18. The Kier molecular flexibility index (Phi) is 8.55. The molecule has 1 aliphatic rings. The minimum Gasteiger partial charge on any atom is -0.490 e. The van der Waals surface area contributed by atoms with Gasteiger partial charge in [-0.05, 0) is 92.4 Å². The van der Waals surface area contributed by atoms with Crippen LogP contribution in [0.2, 0.25) is 5.02 Å². The number of aryl methyl sites for hydroxylation is 3. The number of nitrogens with zero attached hydrogens (tertiary/aromatic N) is 1. The largest absolute Gasteiger partial charge is 0.490 e. The molecule has 0 bridgehead atoms. The second-order valence-electron chi connectivity index (χ2n) is 9.17. The van der Waals surface area contributed by atoms with Crippen molar-refractivity contribution in [1.82, 2.24) is 5.32 Å². The molecular weight excluding hydrogens is 534 g/mol. The van der Waals surface area contributed by atoms with Gasteiger partial charge in [0.1, 0.15) is 5.57 Å². The number of hydrogen-bond acceptors (Lipinski definition) is 6. The van der Waals surface area contributed by atoms with Crippen molar-refractivity contribution in [3.05, 3.63) is 87.4 Å². The molecule has 3 aromatic carbocycles. The summed E-state index contributed by atoms with van der Waals surface area (Å²) in [5.41, 5.74) is 4.05. The van der Waals surface area contributed by atoms with Crippen LogP contribution in [0, 0.1) is 20.8 Å². The Morgan fingerprint density at radius 3 is 2.38 bits per heavy atom. The maximum atomic E-state index is 13.2. The summed E-state index contributed by atoms with van der Waals surface area (Å²) in [5.74, 6) is -1.34. The quantitative estimate of drug-likeness (QED) is 0.283. The van der Waals surface area contributed by atoms with Crippen LogP contribution in [-0.2, 0) is 14.4 Å². The highest BCUT2D eigenvalue weighted by Gasteiger charge is 2.37. The lowest BCUT2D eigenvalue weighted by molar-refractivity contribution is -0.122. The van der Waals surface area contributed by atoms with Gasteiger partial charge in [-0.25, -0.2) is 9.69 Å². The highest BCUT2D eigenvalue weighted by molar-refractivity contribution is 6.39. The predicted molar refractivity (Wildman–Crippen MR) is 153 cm³/mol. The molecule has 5 amide bonds. The SMILES string of the molecule is CCOc1cc(/C=C2\C(=O)NC(=O)N(c3ccc(C)c(Cl)c3)C2=O)ccc1OCC(=O)Nc1ccc(C)c(C)c1. The second-order valence-corrected chi connectivity index (χ2v) is 9.57. The van der Waals surface area contributed by atoms with E-state index in [0.717, 1.165) is 21.6 Å². The number of amides is 5. The lowest BCUT2D eigenvalue weighted by Crippen LogP contribution is -2.54. The zero-order valence-corrected chi connectivity index (χ0v) is 23.2. The third-order valence-electron chi connectivity index (χ3n) is 6.24. The summed E-state index contributed by atoms with van der Waals surface area (Å²) < 4.78 is 11.4. The fourth-order valence-corrected chi connectivity index (χ4v) is 4.12. The first-order valence-corrected chi connectivity index (χ1v) is 12.9. The number of halogens is 1. The molecule has 0 aromatic heterocycles. The minimum atomic E-state index is -0.870. The van der Waals surface area contributed by atoms with Crippen LogP contribution in [0.25, 0.3) is 6.08 Å². The number of carbonyl (C=O) groups is 4. The van der Waals surface area contributed by atoms with Gasteiger partial charge in [0.2, 0.25) is 0 Å². The van der Waals surface area contributed by atoms with Crippen LogP contribution < -0.4 is 25.0 Å². The van der Waals surface area contributed by atoms with Gasteiger partial charge in [-0.3, -0.25) is 19.7 Å². The first kappa shape index (κ1) is 28.4. The van der Waals surface area contributed by atoms with Crippen molar-refractivity contribution in [3.8, 4) is 11.5 Å². The van der Waals surface area contributed by atoms with Crippen molar-refractivity contribution in [2.45, 2.75) is 27.7 Å². The van der Waals surface area contributed by atoms with Crippen molar-refractivity contribution in [1.29, 1.82) is 0 Å². The molecule has 4 rings (SSSR count). The molecule has 1 heterocycles. The van der Waals surface area contributed by atoms with Crippen molar-refractivity contribution >= 4 is 52.8 Å². The number of rotatable bonds is 8. The molecule has 3 aromatic rings. The van der Waals surface area contributed by atoms with E-state index in [4.69, 9.17) is 21.1 Å². The number of barbiturate groups is 1. The molecule has 1 aliphatic heterocycles. The molecule has 9 nitrogen and oxygen atoms in total. The Morgan fingerprint density at radius 1 is 0.925 bits per heavy atom. The van der Waals surface area contributed by atoms with Gasteiger partial charge >= 0.3 is 6.03 Å². The number of nitrogens with one attached hydrogen (secondary N) is 2. The summed E-state index contributed by atoms with van der Waals surface area (Å²) in [5, 5.41) is 5.36. The molecular formula is C30H28ClN3O6. The molecule has 0 unspecified atom stereocenters. The highest BCUT2D eigenvalue weighted by atomic mass is 35.5. The van der Waals surface area contributed by atoms with Gasteiger partial charge in [-0.15, -0.1) is 0 Å². The van der Waals surface area contributed by atoms with Gasteiger partial charge in [-0.2, -0.15) is 0 Å². The Hall–Kier alpha value is -4.63. The van der Waals surface area contributed by atoms with Crippen molar-refractivity contribution < 1.29 is 28.7 Å². The summed E-state index contributed by atoms with van der Waals surface area (Å²) in [6.45, 7) is 7.58. The Bertz CT molecular complexity index is 1550.